The molecule has 3 N–H and O–H groups in total. The molecule has 0 bridgehead atoms. The molecule has 0 aliphatic carbocycles. The average Bonchev–Trinajstić information content (AvgIpc) is 2.41. The Bertz CT molecular complexity index is 929. The van der Waals surface area contributed by atoms with Crippen LogP contribution in [0.3, 0.4) is 0 Å². The molecule has 0 saturated carbocycles. The van der Waals surface area contributed by atoms with Crippen LogP contribution in [0.5, 0.6) is 0 Å². The lowest BCUT2D eigenvalue weighted by Gasteiger charge is -2.03. The molecule has 2 rings (SSSR count). The molecule has 2 aromatic rings. The van der Waals surface area contributed by atoms with Crippen molar-refractivity contribution >= 4 is 24.6 Å². The van der Waals surface area contributed by atoms with Crippen molar-refractivity contribution in [3.8, 4) is 6.07 Å². The van der Waals surface area contributed by atoms with Crippen LogP contribution in [0.1, 0.15) is 11.1 Å². The number of allylic oxidation sites excluding steroid dienone is 3. The Labute approximate surface area is 126 Å². The Kier molecular flexibility index (Phi) is 4.43. The summed E-state index contributed by atoms with van der Waals surface area (Å²) in [5.74, 6) is 0. The summed E-state index contributed by atoms with van der Waals surface area (Å²) in [6.45, 7) is 1.90. The molecule has 0 radical (unpaired) electrons. The number of rotatable bonds is 3. The van der Waals surface area contributed by atoms with Crippen molar-refractivity contribution < 1.29 is 14.4 Å². The van der Waals surface area contributed by atoms with E-state index in [1.165, 1.54) is 24.3 Å². The summed E-state index contributed by atoms with van der Waals surface area (Å²) in [5.41, 5.74) is 1.99. The molecule has 0 unspecified atom stereocenters. The number of aryl methyl sites for hydroxylation is 1. The maximum Gasteiger partial charge on any atom is 0.366 e. The van der Waals surface area contributed by atoms with E-state index in [-0.39, 0.29) is 5.56 Å². The van der Waals surface area contributed by atoms with Gasteiger partial charge in [0.05, 0.1) is 0 Å². The van der Waals surface area contributed by atoms with Gasteiger partial charge in [-0.05, 0) is 30.2 Å². The Balaban J connectivity index is 2.51. The highest BCUT2D eigenvalue weighted by molar-refractivity contribution is 7.56. The molecule has 0 atom stereocenters. The first kappa shape index (κ1) is 15.9. The molecule has 1 heterocycles. The van der Waals surface area contributed by atoms with Crippen LogP contribution in [-0.4, -0.2) is 14.8 Å². The highest BCUT2D eigenvalue weighted by Gasteiger charge is 2.19. The SMILES string of the molecule is Cc1ccc2c(/C=C/C=C(/C#N)P(=O)(O)O)cc(=O)[nH]c2c1. The van der Waals surface area contributed by atoms with E-state index in [1.54, 1.807) is 0 Å². The van der Waals surface area contributed by atoms with E-state index in [2.05, 4.69) is 4.98 Å². The zero-order valence-corrected chi connectivity index (χ0v) is 12.5. The lowest BCUT2D eigenvalue weighted by atomic mass is 10.1. The molecule has 0 spiro atoms. The second-order valence-electron chi connectivity index (χ2n) is 4.70. The molecule has 7 heteroatoms. The molecule has 1 aromatic heterocycles. The Hall–Kier alpha value is -2.45. The molecule has 0 saturated heterocycles. The maximum absolute atomic E-state index is 11.6. The highest BCUT2D eigenvalue weighted by atomic mass is 31.2. The summed E-state index contributed by atoms with van der Waals surface area (Å²) in [5, 5.41) is 8.87. The largest absolute Gasteiger partial charge is 0.366 e. The lowest BCUT2D eigenvalue weighted by molar-refractivity contribution is 0.384. The molecule has 0 fully saturated rings. The van der Waals surface area contributed by atoms with Gasteiger partial charge in [0.15, 0.2) is 0 Å². The summed E-state index contributed by atoms with van der Waals surface area (Å²) < 4.78 is 11.0. The van der Waals surface area contributed by atoms with Gasteiger partial charge in [0.2, 0.25) is 5.56 Å². The van der Waals surface area contributed by atoms with Gasteiger partial charge in [0.1, 0.15) is 11.4 Å². The molecule has 6 nitrogen and oxygen atoms in total. The van der Waals surface area contributed by atoms with E-state index in [0.29, 0.717) is 11.1 Å². The van der Waals surface area contributed by atoms with Gasteiger partial charge in [-0.15, -0.1) is 0 Å². The molecule has 0 aliphatic heterocycles. The van der Waals surface area contributed by atoms with Gasteiger partial charge in [0, 0.05) is 17.0 Å². The number of aromatic nitrogens is 1. The van der Waals surface area contributed by atoms with E-state index in [4.69, 9.17) is 15.0 Å². The Morgan fingerprint density at radius 2 is 2.09 bits per heavy atom. The number of nitrogens with one attached hydrogen (secondary N) is 1. The van der Waals surface area contributed by atoms with Crippen LogP contribution < -0.4 is 5.56 Å². The third-order valence-electron chi connectivity index (χ3n) is 2.99. The summed E-state index contributed by atoms with van der Waals surface area (Å²) in [6.07, 6.45) is 3.91. The average molecular weight is 316 g/mol. The summed E-state index contributed by atoms with van der Waals surface area (Å²) >= 11 is 0. The first-order valence-corrected chi connectivity index (χ1v) is 7.91. The van der Waals surface area contributed by atoms with E-state index >= 15 is 0 Å². The van der Waals surface area contributed by atoms with Crippen LogP contribution in [0.25, 0.3) is 17.0 Å². The van der Waals surface area contributed by atoms with Gasteiger partial charge < -0.3 is 14.8 Å². The van der Waals surface area contributed by atoms with Gasteiger partial charge in [-0.25, -0.2) is 0 Å². The van der Waals surface area contributed by atoms with Crippen LogP contribution in [0, 0.1) is 18.3 Å². The Morgan fingerprint density at radius 3 is 2.73 bits per heavy atom. The molecule has 112 valence electrons. The van der Waals surface area contributed by atoms with Crippen molar-refractivity contribution in [2.45, 2.75) is 6.92 Å². The van der Waals surface area contributed by atoms with Gasteiger partial charge >= 0.3 is 7.60 Å². The van der Waals surface area contributed by atoms with Gasteiger partial charge in [-0.2, -0.15) is 5.26 Å². The zero-order chi connectivity index (χ0) is 16.3. The normalized spacial score (nSPS) is 12.7. The lowest BCUT2D eigenvalue weighted by Crippen LogP contribution is -2.04. The van der Waals surface area contributed by atoms with Gasteiger partial charge in [-0.1, -0.05) is 24.3 Å². The second-order valence-corrected chi connectivity index (χ2v) is 6.27. The third kappa shape index (κ3) is 3.60. The standard InChI is InChI=1S/C15H13N2O4P/c1-10-5-6-13-11(8-15(18)17-14(13)7-10)3-2-4-12(9-16)22(19,20)21/h2-8H,1H3,(H,17,18)(H2,19,20,21)/b3-2+,12-4-. The fourth-order valence-corrected chi connectivity index (χ4v) is 2.39. The van der Waals surface area contributed by atoms with Crippen LogP contribution in [-0.2, 0) is 4.57 Å². The molecule has 1 aromatic carbocycles. The number of hydrogen-bond acceptors (Lipinski definition) is 3. The minimum atomic E-state index is -4.58. The minimum Gasteiger partial charge on any atom is -0.322 e. The fraction of sp³-hybridized carbons (Fsp3) is 0.0667. The number of fused-ring (bicyclic) bond motifs is 1. The fourth-order valence-electron chi connectivity index (χ4n) is 1.98. The van der Waals surface area contributed by atoms with Crippen molar-refractivity contribution in [3.63, 3.8) is 0 Å². The van der Waals surface area contributed by atoms with E-state index in [0.717, 1.165) is 17.0 Å². The Morgan fingerprint density at radius 1 is 1.36 bits per heavy atom. The van der Waals surface area contributed by atoms with Gasteiger partial charge in [-0.3, -0.25) is 9.36 Å². The highest BCUT2D eigenvalue weighted by Crippen LogP contribution is 2.44. The number of nitriles is 1. The van der Waals surface area contributed by atoms with Crippen molar-refractivity contribution in [2.24, 2.45) is 0 Å². The number of pyridine rings is 1. The summed E-state index contributed by atoms with van der Waals surface area (Å²) in [7, 11) is -4.58. The monoisotopic (exact) mass is 316 g/mol. The van der Waals surface area contributed by atoms with Crippen LogP contribution >= 0.6 is 7.60 Å². The van der Waals surface area contributed by atoms with E-state index in [9.17, 15) is 9.36 Å². The molecule has 0 aliphatic rings. The topological polar surface area (TPSA) is 114 Å². The molecule has 0 amide bonds. The van der Waals surface area contributed by atoms with Crippen molar-refractivity contribution in [1.29, 1.82) is 5.26 Å². The second kappa shape index (κ2) is 6.12. The first-order valence-electron chi connectivity index (χ1n) is 6.29. The van der Waals surface area contributed by atoms with Crippen LogP contribution in [0.15, 0.2) is 46.5 Å². The minimum absolute atomic E-state index is 0.280. The summed E-state index contributed by atoms with van der Waals surface area (Å²) in [4.78, 5) is 32.3. The number of benzene rings is 1. The summed E-state index contributed by atoms with van der Waals surface area (Å²) in [6, 6.07) is 8.42. The smallest absolute Gasteiger partial charge is 0.322 e. The van der Waals surface area contributed by atoms with Crippen LogP contribution in [0.4, 0.5) is 0 Å². The molecule has 22 heavy (non-hydrogen) atoms. The predicted octanol–water partition coefficient (Wildman–Crippen LogP) is 2.43. The number of H-pyrrole nitrogens is 1. The quantitative estimate of drug-likeness (QED) is 0.457. The first-order chi connectivity index (χ1) is 10.3. The molecular weight excluding hydrogens is 303 g/mol. The van der Waals surface area contributed by atoms with Crippen molar-refractivity contribution in [2.75, 3.05) is 0 Å². The predicted molar refractivity (Wildman–Crippen MR) is 84.1 cm³/mol. The molecular formula is C15H13N2O4P. The zero-order valence-electron chi connectivity index (χ0n) is 11.6. The van der Waals surface area contributed by atoms with Crippen LogP contribution in [0.2, 0.25) is 0 Å². The van der Waals surface area contributed by atoms with Crippen molar-refractivity contribution in [3.05, 3.63) is 63.2 Å². The van der Waals surface area contributed by atoms with E-state index < -0.39 is 12.9 Å². The van der Waals surface area contributed by atoms with E-state index in [1.807, 2.05) is 25.1 Å². The maximum atomic E-state index is 11.6. The third-order valence-corrected chi connectivity index (χ3v) is 3.87. The number of aromatic amines is 1. The number of nitrogens with zero attached hydrogens (tertiary/aromatic N) is 1. The van der Waals surface area contributed by atoms with Crippen molar-refractivity contribution in [1.82, 2.24) is 4.98 Å². The number of hydrogen-bond donors (Lipinski definition) is 3. The van der Waals surface area contributed by atoms with Gasteiger partial charge in [0.25, 0.3) is 0 Å².